The summed E-state index contributed by atoms with van der Waals surface area (Å²) in [6.07, 6.45) is 0. The first-order chi connectivity index (χ1) is 7.26. The van der Waals surface area contributed by atoms with Gasteiger partial charge in [-0.25, -0.2) is 4.98 Å². The fourth-order valence-corrected chi connectivity index (χ4v) is 1.26. The van der Waals surface area contributed by atoms with Crippen LogP contribution in [-0.2, 0) is 11.3 Å². The molecule has 15 heavy (non-hydrogen) atoms. The van der Waals surface area contributed by atoms with Crippen LogP contribution < -0.4 is 10.1 Å². The normalized spacial score (nSPS) is 12.5. The number of nitrogens with one attached hydrogen (secondary N) is 1. The first-order valence-electron chi connectivity index (χ1n) is 4.98. The van der Waals surface area contributed by atoms with Crippen molar-refractivity contribution in [1.29, 1.82) is 0 Å². The van der Waals surface area contributed by atoms with Crippen molar-refractivity contribution in [3.05, 3.63) is 23.9 Å². The molecule has 1 rings (SSSR count). The van der Waals surface area contributed by atoms with Crippen molar-refractivity contribution in [3.8, 4) is 5.88 Å². The Labute approximate surface area is 90.6 Å². The highest BCUT2D eigenvalue weighted by Gasteiger charge is 2.01. The molecule has 0 aromatic carbocycles. The van der Waals surface area contributed by atoms with Gasteiger partial charge in [0.1, 0.15) is 0 Å². The summed E-state index contributed by atoms with van der Waals surface area (Å²) in [5.41, 5.74) is 0.970. The van der Waals surface area contributed by atoms with E-state index >= 15 is 0 Å². The molecule has 0 amide bonds. The van der Waals surface area contributed by atoms with E-state index in [4.69, 9.17) is 9.47 Å². The van der Waals surface area contributed by atoms with E-state index < -0.39 is 0 Å². The number of ether oxygens (including phenoxy) is 2. The van der Waals surface area contributed by atoms with E-state index in [1.807, 2.05) is 18.2 Å². The van der Waals surface area contributed by atoms with Crippen molar-refractivity contribution < 1.29 is 9.47 Å². The number of pyridine rings is 1. The predicted molar refractivity (Wildman–Crippen MR) is 59.0 cm³/mol. The van der Waals surface area contributed by atoms with E-state index in [9.17, 15) is 0 Å². The first-order valence-corrected chi connectivity index (χ1v) is 4.98. The maximum Gasteiger partial charge on any atom is 0.213 e. The van der Waals surface area contributed by atoms with Crippen LogP contribution in [0.1, 0.15) is 12.6 Å². The van der Waals surface area contributed by atoms with Crippen molar-refractivity contribution in [1.82, 2.24) is 10.3 Å². The topological polar surface area (TPSA) is 43.4 Å². The van der Waals surface area contributed by atoms with E-state index in [-0.39, 0.29) is 0 Å². The summed E-state index contributed by atoms with van der Waals surface area (Å²) in [4.78, 5) is 4.30. The molecule has 0 saturated heterocycles. The highest BCUT2D eigenvalue weighted by molar-refractivity contribution is 5.15. The molecule has 1 atom stereocenters. The second-order valence-electron chi connectivity index (χ2n) is 3.41. The highest BCUT2D eigenvalue weighted by Crippen LogP contribution is 2.06. The lowest BCUT2D eigenvalue weighted by atomic mass is 10.3. The van der Waals surface area contributed by atoms with E-state index in [0.29, 0.717) is 18.5 Å². The van der Waals surface area contributed by atoms with Crippen molar-refractivity contribution >= 4 is 0 Å². The van der Waals surface area contributed by atoms with Gasteiger partial charge < -0.3 is 14.8 Å². The smallest absolute Gasteiger partial charge is 0.213 e. The SMILES string of the molecule is COCC(C)NCc1cccc(OC)n1. The third kappa shape index (κ3) is 4.27. The number of methoxy groups -OCH3 is 2. The minimum absolute atomic E-state index is 0.322. The molecule has 1 unspecified atom stereocenters. The maximum absolute atomic E-state index is 5.05. The van der Waals surface area contributed by atoms with Crippen LogP contribution in [0.4, 0.5) is 0 Å². The third-order valence-corrected chi connectivity index (χ3v) is 2.04. The Bertz CT molecular complexity index is 292. The Hall–Kier alpha value is -1.13. The average Bonchev–Trinajstić information content (AvgIpc) is 2.27. The van der Waals surface area contributed by atoms with Crippen molar-refractivity contribution in [2.24, 2.45) is 0 Å². The van der Waals surface area contributed by atoms with Gasteiger partial charge in [0.25, 0.3) is 0 Å². The quantitative estimate of drug-likeness (QED) is 0.766. The van der Waals surface area contributed by atoms with Gasteiger partial charge in [-0.15, -0.1) is 0 Å². The largest absolute Gasteiger partial charge is 0.481 e. The van der Waals surface area contributed by atoms with Crippen LogP contribution in [0.2, 0.25) is 0 Å². The van der Waals surface area contributed by atoms with Gasteiger partial charge in [-0.2, -0.15) is 0 Å². The summed E-state index contributed by atoms with van der Waals surface area (Å²) < 4.78 is 10.1. The molecule has 1 aromatic heterocycles. The van der Waals surface area contributed by atoms with Gasteiger partial charge in [-0.05, 0) is 13.0 Å². The Morgan fingerprint density at radius 3 is 2.87 bits per heavy atom. The molecule has 4 nitrogen and oxygen atoms in total. The molecule has 1 heterocycles. The molecule has 0 bridgehead atoms. The molecule has 0 radical (unpaired) electrons. The molecule has 1 N–H and O–H groups in total. The first kappa shape index (κ1) is 11.9. The van der Waals surface area contributed by atoms with Crippen LogP contribution in [0.15, 0.2) is 18.2 Å². The number of aromatic nitrogens is 1. The molecule has 0 spiro atoms. The van der Waals surface area contributed by atoms with Gasteiger partial charge in [-0.3, -0.25) is 0 Å². The number of nitrogens with zero attached hydrogens (tertiary/aromatic N) is 1. The zero-order chi connectivity index (χ0) is 11.1. The predicted octanol–water partition coefficient (Wildman–Crippen LogP) is 1.21. The summed E-state index contributed by atoms with van der Waals surface area (Å²) in [5, 5.41) is 3.31. The average molecular weight is 210 g/mol. The molecule has 0 fully saturated rings. The molecule has 4 heteroatoms. The molecule has 0 saturated carbocycles. The molecule has 1 aromatic rings. The summed E-state index contributed by atoms with van der Waals surface area (Å²) in [6.45, 7) is 3.50. The van der Waals surface area contributed by atoms with Crippen LogP contribution in [0.25, 0.3) is 0 Å². The summed E-state index contributed by atoms with van der Waals surface area (Å²) in [5.74, 6) is 0.647. The number of hydrogen-bond acceptors (Lipinski definition) is 4. The molecule has 0 aliphatic rings. The second-order valence-corrected chi connectivity index (χ2v) is 3.41. The Kier molecular flexibility index (Phi) is 5.07. The van der Waals surface area contributed by atoms with Crippen LogP contribution in [0.5, 0.6) is 5.88 Å². The lowest BCUT2D eigenvalue weighted by Gasteiger charge is -2.12. The molecular formula is C11H18N2O2. The Morgan fingerprint density at radius 1 is 1.40 bits per heavy atom. The van der Waals surface area contributed by atoms with E-state index in [1.165, 1.54) is 0 Å². The summed E-state index contributed by atoms with van der Waals surface area (Å²) in [7, 11) is 3.31. The van der Waals surface area contributed by atoms with Crippen LogP contribution in [0, 0.1) is 0 Å². The maximum atomic E-state index is 5.05. The molecule has 0 aliphatic heterocycles. The molecular weight excluding hydrogens is 192 g/mol. The van der Waals surface area contributed by atoms with E-state index in [0.717, 1.165) is 12.2 Å². The lowest BCUT2D eigenvalue weighted by Crippen LogP contribution is -2.29. The van der Waals surface area contributed by atoms with Gasteiger partial charge in [0.2, 0.25) is 5.88 Å². The van der Waals surface area contributed by atoms with Gasteiger partial charge in [0.05, 0.1) is 19.4 Å². The van der Waals surface area contributed by atoms with Gasteiger partial charge in [0, 0.05) is 25.8 Å². The summed E-state index contributed by atoms with van der Waals surface area (Å²) in [6, 6.07) is 6.06. The zero-order valence-corrected chi connectivity index (χ0v) is 9.49. The van der Waals surface area contributed by atoms with Crippen LogP contribution >= 0.6 is 0 Å². The fraction of sp³-hybridized carbons (Fsp3) is 0.545. The minimum Gasteiger partial charge on any atom is -0.481 e. The fourth-order valence-electron chi connectivity index (χ4n) is 1.26. The van der Waals surface area contributed by atoms with Crippen molar-refractivity contribution in [2.45, 2.75) is 19.5 Å². The Balaban J connectivity index is 2.43. The van der Waals surface area contributed by atoms with Gasteiger partial charge >= 0.3 is 0 Å². The lowest BCUT2D eigenvalue weighted by molar-refractivity contribution is 0.171. The number of hydrogen-bond donors (Lipinski definition) is 1. The third-order valence-electron chi connectivity index (χ3n) is 2.04. The molecule has 0 aliphatic carbocycles. The number of rotatable bonds is 6. The van der Waals surface area contributed by atoms with Crippen molar-refractivity contribution in [2.75, 3.05) is 20.8 Å². The Morgan fingerprint density at radius 2 is 2.20 bits per heavy atom. The molecule has 84 valence electrons. The van der Waals surface area contributed by atoms with Crippen molar-refractivity contribution in [3.63, 3.8) is 0 Å². The highest BCUT2D eigenvalue weighted by atomic mass is 16.5. The van der Waals surface area contributed by atoms with Crippen LogP contribution in [-0.4, -0.2) is 31.9 Å². The van der Waals surface area contributed by atoms with Crippen LogP contribution in [0.3, 0.4) is 0 Å². The van der Waals surface area contributed by atoms with E-state index in [2.05, 4.69) is 17.2 Å². The monoisotopic (exact) mass is 210 g/mol. The second kappa shape index (κ2) is 6.37. The zero-order valence-electron chi connectivity index (χ0n) is 9.49. The van der Waals surface area contributed by atoms with Gasteiger partial charge in [-0.1, -0.05) is 6.07 Å². The van der Waals surface area contributed by atoms with E-state index in [1.54, 1.807) is 14.2 Å². The summed E-state index contributed by atoms with van der Waals surface area (Å²) >= 11 is 0. The minimum atomic E-state index is 0.322. The standard InChI is InChI=1S/C11H18N2O2/c1-9(8-14-2)12-7-10-5-4-6-11(13-10)15-3/h4-6,9,12H,7-8H2,1-3H3. The van der Waals surface area contributed by atoms with Gasteiger partial charge in [0.15, 0.2) is 0 Å².